The van der Waals surface area contributed by atoms with Gasteiger partial charge < -0.3 is 5.32 Å². The summed E-state index contributed by atoms with van der Waals surface area (Å²) in [6.07, 6.45) is 0. The molecular formula is C16H14IN5O2. The number of hydrogen-bond acceptors (Lipinski definition) is 4. The fourth-order valence-corrected chi connectivity index (χ4v) is 2.87. The summed E-state index contributed by atoms with van der Waals surface area (Å²) in [6, 6.07) is 10.4. The number of nitrogens with zero attached hydrogens (tertiary/aromatic N) is 3. The zero-order chi connectivity index (χ0) is 17.3. The molecule has 0 radical (unpaired) electrons. The number of carbonyl (C=O) groups is 1. The van der Waals surface area contributed by atoms with Crippen molar-refractivity contribution in [3.8, 4) is 5.95 Å². The van der Waals surface area contributed by atoms with Crippen LogP contribution in [0.1, 0.15) is 21.7 Å². The first-order chi connectivity index (χ1) is 11.4. The number of nitrogens with one attached hydrogen (secondary N) is 2. The smallest absolute Gasteiger partial charge is 0.257 e. The minimum Gasteiger partial charge on any atom is -0.306 e. The molecule has 0 aliphatic rings. The zero-order valence-electron chi connectivity index (χ0n) is 13.0. The second-order valence-corrected chi connectivity index (χ2v) is 6.39. The van der Waals surface area contributed by atoms with E-state index in [0.29, 0.717) is 22.8 Å². The van der Waals surface area contributed by atoms with Crippen LogP contribution in [0.3, 0.4) is 0 Å². The molecular weight excluding hydrogens is 421 g/mol. The highest BCUT2D eigenvalue weighted by Crippen LogP contribution is 2.17. The van der Waals surface area contributed by atoms with Crippen LogP contribution < -0.4 is 10.9 Å². The summed E-state index contributed by atoms with van der Waals surface area (Å²) >= 11 is 2.11. The number of hydrogen-bond donors (Lipinski definition) is 2. The summed E-state index contributed by atoms with van der Waals surface area (Å²) in [5, 5.41) is 7.12. The molecule has 0 aliphatic heterocycles. The summed E-state index contributed by atoms with van der Waals surface area (Å²) in [5.74, 6) is 0.438. The molecule has 7 nitrogen and oxygen atoms in total. The first-order valence-electron chi connectivity index (χ1n) is 7.15. The fourth-order valence-electron chi connectivity index (χ4n) is 2.24. The number of H-pyrrole nitrogens is 1. The van der Waals surface area contributed by atoms with E-state index in [4.69, 9.17) is 0 Å². The lowest BCUT2D eigenvalue weighted by atomic mass is 10.2. The molecule has 2 aromatic heterocycles. The molecule has 3 rings (SSSR count). The van der Waals surface area contributed by atoms with Crippen LogP contribution in [0.4, 0.5) is 5.82 Å². The van der Waals surface area contributed by atoms with Gasteiger partial charge in [0.25, 0.3) is 11.5 Å². The Kier molecular flexibility index (Phi) is 4.47. The summed E-state index contributed by atoms with van der Waals surface area (Å²) in [5.41, 5.74) is 1.55. The Labute approximate surface area is 151 Å². The SMILES string of the molecule is Cc1cc(=O)[nH]c(-n2nc(C)cc2NC(=O)c2ccccc2I)n1. The average Bonchev–Trinajstić information content (AvgIpc) is 2.87. The highest BCUT2D eigenvalue weighted by molar-refractivity contribution is 14.1. The largest absolute Gasteiger partial charge is 0.306 e. The molecule has 24 heavy (non-hydrogen) atoms. The number of rotatable bonds is 3. The van der Waals surface area contributed by atoms with E-state index < -0.39 is 0 Å². The van der Waals surface area contributed by atoms with Crippen LogP contribution in [0.25, 0.3) is 5.95 Å². The normalized spacial score (nSPS) is 10.6. The summed E-state index contributed by atoms with van der Waals surface area (Å²) in [7, 11) is 0. The van der Waals surface area contributed by atoms with Crippen molar-refractivity contribution < 1.29 is 4.79 Å². The number of halogens is 1. The molecule has 0 aliphatic carbocycles. The van der Waals surface area contributed by atoms with Gasteiger partial charge in [0, 0.05) is 21.4 Å². The van der Waals surface area contributed by atoms with E-state index in [1.54, 1.807) is 32.0 Å². The van der Waals surface area contributed by atoms with Gasteiger partial charge in [0.05, 0.1) is 11.3 Å². The van der Waals surface area contributed by atoms with Crippen molar-refractivity contribution in [3.63, 3.8) is 0 Å². The lowest BCUT2D eigenvalue weighted by molar-refractivity contribution is 0.102. The molecule has 0 saturated heterocycles. The highest BCUT2D eigenvalue weighted by atomic mass is 127. The molecule has 0 saturated carbocycles. The van der Waals surface area contributed by atoms with E-state index in [1.807, 2.05) is 12.1 Å². The van der Waals surface area contributed by atoms with Gasteiger partial charge in [0.2, 0.25) is 5.95 Å². The number of amides is 1. The Bertz CT molecular complexity index is 977. The zero-order valence-corrected chi connectivity index (χ0v) is 15.2. The lowest BCUT2D eigenvalue weighted by Crippen LogP contribution is -2.19. The van der Waals surface area contributed by atoms with Crippen molar-refractivity contribution in [3.05, 3.63) is 67.3 Å². The molecule has 8 heteroatoms. The number of aryl methyl sites for hydroxylation is 2. The lowest BCUT2D eigenvalue weighted by Gasteiger charge is -2.09. The number of carbonyl (C=O) groups excluding carboxylic acids is 1. The quantitative estimate of drug-likeness (QED) is 0.619. The molecule has 0 fully saturated rings. The van der Waals surface area contributed by atoms with Crippen LogP contribution in [0, 0.1) is 17.4 Å². The Balaban J connectivity index is 1.99. The molecule has 2 N–H and O–H groups in total. The highest BCUT2D eigenvalue weighted by Gasteiger charge is 2.15. The van der Waals surface area contributed by atoms with E-state index in [9.17, 15) is 9.59 Å². The maximum absolute atomic E-state index is 12.5. The third kappa shape index (κ3) is 3.37. The van der Waals surface area contributed by atoms with E-state index in [-0.39, 0.29) is 17.4 Å². The van der Waals surface area contributed by atoms with Crippen molar-refractivity contribution >= 4 is 34.3 Å². The first-order valence-corrected chi connectivity index (χ1v) is 8.23. The third-order valence-electron chi connectivity index (χ3n) is 3.25. The maximum Gasteiger partial charge on any atom is 0.257 e. The van der Waals surface area contributed by atoms with Crippen LogP contribution >= 0.6 is 22.6 Å². The Morgan fingerprint density at radius 1 is 1.21 bits per heavy atom. The Hall–Kier alpha value is -2.49. The average molecular weight is 435 g/mol. The summed E-state index contributed by atoms with van der Waals surface area (Å²) in [6.45, 7) is 3.52. The first kappa shape index (κ1) is 16.4. The van der Waals surface area contributed by atoms with Crippen LogP contribution in [0.15, 0.2) is 41.2 Å². The maximum atomic E-state index is 12.5. The molecule has 0 spiro atoms. The number of aromatic nitrogens is 4. The van der Waals surface area contributed by atoms with E-state index >= 15 is 0 Å². The van der Waals surface area contributed by atoms with Gasteiger partial charge >= 0.3 is 0 Å². The van der Waals surface area contributed by atoms with Gasteiger partial charge in [-0.1, -0.05) is 12.1 Å². The van der Waals surface area contributed by atoms with Crippen molar-refractivity contribution in [1.82, 2.24) is 19.7 Å². The van der Waals surface area contributed by atoms with Gasteiger partial charge in [-0.3, -0.25) is 14.6 Å². The second kappa shape index (κ2) is 6.56. The third-order valence-corrected chi connectivity index (χ3v) is 4.19. The molecule has 3 aromatic rings. The van der Waals surface area contributed by atoms with Gasteiger partial charge in [-0.2, -0.15) is 9.78 Å². The van der Waals surface area contributed by atoms with Crippen LogP contribution in [0.5, 0.6) is 0 Å². The molecule has 122 valence electrons. The van der Waals surface area contributed by atoms with E-state index in [1.165, 1.54) is 10.7 Å². The summed E-state index contributed by atoms with van der Waals surface area (Å²) < 4.78 is 2.26. The van der Waals surface area contributed by atoms with Gasteiger partial charge in [0.15, 0.2) is 0 Å². The number of benzene rings is 1. The molecule has 1 amide bonds. The molecule has 0 unspecified atom stereocenters. The standard InChI is InChI=1S/C16H14IN5O2/c1-9-8-14(23)20-16(18-9)22-13(7-10(2)21-22)19-15(24)11-5-3-4-6-12(11)17/h3-8H,1-2H3,(H,19,24)(H,18,20,23). The topological polar surface area (TPSA) is 92.7 Å². The van der Waals surface area contributed by atoms with Crippen LogP contribution in [-0.4, -0.2) is 25.7 Å². The minimum absolute atomic E-state index is 0.254. The van der Waals surface area contributed by atoms with Gasteiger partial charge in [0.1, 0.15) is 5.82 Å². The Morgan fingerprint density at radius 2 is 1.96 bits per heavy atom. The number of anilines is 1. The van der Waals surface area contributed by atoms with Crippen LogP contribution in [-0.2, 0) is 0 Å². The van der Waals surface area contributed by atoms with Crippen molar-refractivity contribution in [2.24, 2.45) is 0 Å². The second-order valence-electron chi connectivity index (χ2n) is 5.23. The van der Waals surface area contributed by atoms with E-state index in [0.717, 1.165) is 3.57 Å². The van der Waals surface area contributed by atoms with Gasteiger partial charge in [-0.25, -0.2) is 4.98 Å². The van der Waals surface area contributed by atoms with Crippen molar-refractivity contribution in [2.45, 2.75) is 13.8 Å². The monoisotopic (exact) mass is 435 g/mol. The van der Waals surface area contributed by atoms with E-state index in [2.05, 4.69) is 43.0 Å². The number of aromatic amines is 1. The van der Waals surface area contributed by atoms with Crippen LogP contribution in [0.2, 0.25) is 0 Å². The van der Waals surface area contributed by atoms with Gasteiger partial charge in [-0.05, 0) is 48.6 Å². The molecule has 1 aromatic carbocycles. The van der Waals surface area contributed by atoms with Crippen molar-refractivity contribution in [1.29, 1.82) is 0 Å². The Morgan fingerprint density at radius 3 is 2.67 bits per heavy atom. The predicted octanol–water partition coefficient (Wildman–Crippen LogP) is 2.43. The molecule has 0 bridgehead atoms. The minimum atomic E-state index is -0.277. The van der Waals surface area contributed by atoms with Gasteiger partial charge in [-0.15, -0.1) is 0 Å². The van der Waals surface area contributed by atoms with Crippen molar-refractivity contribution in [2.75, 3.05) is 5.32 Å². The fraction of sp³-hybridized carbons (Fsp3) is 0.125. The summed E-state index contributed by atoms with van der Waals surface area (Å²) in [4.78, 5) is 31.1. The molecule has 0 atom stereocenters. The predicted molar refractivity (Wildman–Crippen MR) is 98.6 cm³/mol. The molecule has 2 heterocycles.